The van der Waals surface area contributed by atoms with E-state index < -0.39 is 22.4 Å². The van der Waals surface area contributed by atoms with Gasteiger partial charge in [-0.2, -0.15) is 0 Å². The van der Waals surface area contributed by atoms with E-state index in [1.807, 2.05) is 0 Å². The predicted octanol–water partition coefficient (Wildman–Crippen LogP) is 2.15. The molecule has 0 aromatic heterocycles. The van der Waals surface area contributed by atoms with Crippen molar-refractivity contribution in [3.63, 3.8) is 0 Å². The zero-order valence-electron chi connectivity index (χ0n) is 9.97. The third-order valence-electron chi connectivity index (χ3n) is 2.24. The molecular formula is C11H13FN2O4. The molecule has 0 heterocycles. The smallest absolute Gasteiger partial charge is 0.405 e. The molecule has 0 aliphatic heterocycles. The Morgan fingerprint density at radius 3 is 2.67 bits per heavy atom. The Balaban J connectivity index is 3.03. The van der Waals surface area contributed by atoms with E-state index in [0.717, 1.165) is 12.1 Å². The summed E-state index contributed by atoms with van der Waals surface area (Å²) >= 11 is 0. The summed E-state index contributed by atoms with van der Waals surface area (Å²) in [5.41, 5.74) is 3.81. The lowest BCUT2D eigenvalue weighted by atomic mass is 9.97. The van der Waals surface area contributed by atoms with Crippen molar-refractivity contribution in [1.29, 1.82) is 0 Å². The highest BCUT2D eigenvalue weighted by Crippen LogP contribution is 2.25. The Bertz CT molecular complexity index is 488. The van der Waals surface area contributed by atoms with Crippen LogP contribution in [0.4, 0.5) is 14.9 Å². The van der Waals surface area contributed by atoms with Crippen LogP contribution < -0.4 is 5.73 Å². The van der Waals surface area contributed by atoms with Gasteiger partial charge >= 0.3 is 6.09 Å². The molecule has 0 radical (unpaired) electrons. The lowest BCUT2D eigenvalue weighted by molar-refractivity contribution is -0.385. The minimum atomic E-state index is -1.01. The predicted molar refractivity (Wildman–Crippen MR) is 61.5 cm³/mol. The number of benzene rings is 1. The number of hydrogen-bond donors (Lipinski definition) is 1. The first-order chi connectivity index (χ1) is 8.21. The van der Waals surface area contributed by atoms with Gasteiger partial charge in [0.1, 0.15) is 11.4 Å². The fraction of sp³-hybridized carbons (Fsp3) is 0.364. The van der Waals surface area contributed by atoms with E-state index in [4.69, 9.17) is 10.5 Å². The number of carbonyl (C=O) groups is 1. The number of nitro benzene ring substituents is 1. The topological polar surface area (TPSA) is 95.5 Å². The van der Waals surface area contributed by atoms with Crippen molar-refractivity contribution in [3.8, 4) is 0 Å². The highest BCUT2D eigenvalue weighted by atomic mass is 19.1. The molecule has 0 aliphatic carbocycles. The number of nitrogens with zero attached hydrogens (tertiary/aromatic N) is 1. The van der Waals surface area contributed by atoms with Gasteiger partial charge in [-0.15, -0.1) is 0 Å². The van der Waals surface area contributed by atoms with Crippen molar-refractivity contribution in [1.82, 2.24) is 0 Å². The van der Waals surface area contributed by atoms with E-state index in [1.165, 1.54) is 6.07 Å². The monoisotopic (exact) mass is 256 g/mol. The van der Waals surface area contributed by atoms with E-state index >= 15 is 0 Å². The summed E-state index contributed by atoms with van der Waals surface area (Å²) < 4.78 is 17.8. The first-order valence-electron chi connectivity index (χ1n) is 5.12. The number of primary amides is 1. The molecule has 18 heavy (non-hydrogen) atoms. The maximum atomic E-state index is 12.9. The SMILES string of the molecule is CC(C)(Cc1ccc(F)cc1[N+](=O)[O-])OC(N)=O. The summed E-state index contributed by atoms with van der Waals surface area (Å²) in [5, 5.41) is 10.8. The van der Waals surface area contributed by atoms with E-state index in [0.29, 0.717) is 0 Å². The maximum Gasteiger partial charge on any atom is 0.405 e. The highest BCUT2D eigenvalue weighted by Gasteiger charge is 2.26. The maximum absolute atomic E-state index is 12.9. The summed E-state index contributed by atoms with van der Waals surface area (Å²) in [4.78, 5) is 20.8. The van der Waals surface area contributed by atoms with Gasteiger partial charge in [-0.25, -0.2) is 9.18 Å². The average Bonchev–Trinajstić information content (AvgIpc) is 2.18. The summed E-state index contributed by atoms with van der Waals surface area (Å²) in [5.74, 6) is -0.695. The molecule has 98 valence electrons. The average molecular weight is 256 g/mol. The zero-order chi connectivity index (χ0) is 13.9. The van der Waals surface area contributed by atoms with Gasteiger partial charge in [0.25, 0.3) is 5.69 Å². The van der Waals surface area contributed by atoms with Crippen LogP contribution in [0.2, 0.25) is 0 Å². The lowest BCUT2D eigenvalue weighted by Crippen LogP contribution is -2.33. The van der Waals surface area contributed by atoms with Crippen LogP contribution in [0.1, 0.15) is 19.4 Å². The quantitative estimate of drug-likeness (QED) is 0.659. The highest BCUT2D eigenvalue weighted by molar-refractivity contribution is 5.65. The normalized spacial score (nSPS) is 11.1. The molecule has 1 aromatic rings. The van der Waals surface area contributed by atoms with Gasteiger partial charge in [0.05, 0.1) is 11.0 Å². The van der Waals surface area contributed by atoms with Crippen LogP contribution in [-0.4, -0.2) is 16.6 Å². The second kappa shape index (κ2) is 4.99. The van der Waals surface area contributed by atoms with Crippen LogP contribution in [0.3, 0.4) is 0 Å². The fourth-order valence-corrected chi connectivity index (χ4v) is 1.62. The second-order valence-corrected chi connectivity index (χ2v) is 4.39. The molecule has 0 spiro atoms. The summed E-state index contributed by atoms with van der Waals surface area (Å²) in [6, 6.07) is 3.23. The molecule has 7 heteroatoms. The van der Waals surface area contributed by atoms with Crippen molar-refractivity contribution in [2.24, 2.45) is 5.73 Å². The molecule has 1 rings (SSSR count). The fourth-order valence-electron chi connectivity index (χ4n) is 1.62. The van der Waals surface area contributed by atoms with Gasteiger partial charge in [-0.3, -0.25) is 10.1 Å². The van der Waals surface area contributed by atoms with Crippen molar-refractivity contribution in [3.05, 3.63) is 39.7 Å². The third kappa shape index (κ3) is 3.69. The standard InChI is InChI=1S/C11H13FN2O4/c1-11(2,18-10(13)15)6-7-3-4-8(12)5-9(7)14(16)17/h3-5H,6H2,1-2H3,(H2,13,15). The van der Waals surface area contributed by atoms with Gasteiger partial charge in [-0.1, -0.05) is 0 Å². The molecule has 6 nitrogen and oxygen atoms in total. The summed E-state index contributed by atoms with van der Waals surface area (Å²) in [6.07, 6.45) is -0.906. The second-order valence-electron chi connectivity index (χ2n) is 4.39. The van der Waals surface area contributed by atoms with Gasteiger partial charge in [0.15, 0.2) is 0 Å². The lowest BCUT2D eigenvalue weighted by Gasteiger charge is -2.23. The zero-order valence-corrected chi connectivity index (χ0v) is 9.97. The molecule has 1 amide bonds. The summed E-state index contributed by atoms with van der Waals surface area (Å²) in [6.45, 7) is 3.12. The van der Waals surface area contributed by atoms with Crippen molar-refractivity contribution in [2.45, 2.75) is 25.9 Å². The van der Waals surface area contributed by atoms with Gasteiger partial charge < -0.3 is 10.5 Å². The Hall–Kier alpha value is -2.18. The summed E-state index contributed by atoms with van der Waals surface area (Å²) in [7, 11) is 0. The van der Waals surface area contributed by atoms with Crippen LogP contribution in [-0.2, 0) is 11.2 Å². The Labute approximate surface area is 103 Å². The largest absolute Gasteiger partial charge is 0.443 e. The number of nitrogens with two attached hydrogens (primary N) is 1. The molecule has 0 aliphatic rings. The molecule has 2 N–H and O–H groups in total. The third-order valence-corrected chi connectivity index (χ3v) is 2.24. The van der Waals surface area contributed by atoms with Crippen LogP contribution in [0.25, 0.3) is 0 Å². The van der Waals surface area contributed by atoms with Crippen molar-refractivity contribution >= 4 is 11.8 Å². The molecular weight excluding hydrogens is 243 g/mol. The number of carbonyl (C=O) groups excluding carboxylic acids is 1. The van der Waals surface area contributed by atoms with Crippen LogP contribution in [0.5, 0.6) is 0 Å². The van der Waals surface area contributed by atoms with Crippen molar-refractivity contribution < 1.29 is 18.8 Å². The number of hydrogen-bond acceptors (Lipinski definition) is 4. The minimum Gasteiger partial charge on any atom is -0.443 e. The molecule has 0 saturated heterocycles. The van der Waals surface area contributed by atoms with E-state index in [-0.39, 0.29) is 17.7 Å². The molecule has 0 saturated carbocycles. The number of rotatable bonds is 4. The van der Waals surface area contributed by atoms with Gasteiger partial charge in [0, 0.05) is 12.0 Å². The van der Waals surface area contributed by atoms with Crippen LogP contribution in [0.15, 0.2) is 18.2 Å². The number of amides is 1. The molecule has 0 atom stereocenters. The number of halogens is 1. The first kappa shape index (κ1) is 13.9. The van der Waals surface area contributed by atoms with E-state index in [9.17, 15) is 19.3 Å². The Kier molecular flexibility index (Phi) is 3.85. The first-order valence-corrected chi connectivity index (χ1v) is 5.12. The minimum absolute atomic E-state index is 0.0620. The van der Waals surface area contributed by atoms with Crippen molar-refractivity contribution in [2.75, 3.05) is 0 Å². The molecule has 0 fully saturated rings. The van der Waals surface area contributed by atoms with Gasteiger partial charge in [-0.05, 0) is 26.0 Å². The Morgan fingerprint density at radius 2 is 2.17 bits per heavy atom. The van der Waals surface area contributed by atoms with E-state index in [1.54, 1.807) is 13.8 Å². The molecule has 0 unspecified atom stereocenters. The van der Waals surface area contributed by atoms with Crippen LogP contribution in [0, 0.1) is 15.9 Å². The van der Waals surface area contributed by atoms with E-state index in [2.05, 4.69) is 0 Å². The molecule has 1 aromatic carbocycles. The van der Waals surface area contributed by atoms with Crippen LogP contribution >= 0.6 is 0 Å². The molecule has 0 bridgehead atoms. The Morgan fingerprint density at radius 1 is 1.56 bits per heavy atom. The van der Waals surface area contributed by atoms with Gasteiger partial charge in [0.2, 0.25) is 0 Å². The number of nitro groups is 1. The number of ether oxygens (including phenoxy) is 1.